The fourth-order valence-electron chi connectivity index (χ4n) is 2.10. The number of hydrogen-bond acceptors (Lipinski definition) is 6. The van der Waals surface area contributed by atoms with Crippen molar-refractivity contribution in [2.24, 2.45) is 0 Å². The van der Waals surface area contributed by atoms with Gasteiger partial charge in [-0.05, 0) is 11.4 Å². The molecule has 1 heterocycles. The minimum atomic E-state index is -2.46. The fraction of sp³-hybridized carbons (Fsp3) is 0.0714. The summed E-state index contributed by atoms with van der Waals surface area (Å²) in [6.07, 6.45) is 0. The first kappa shape index (κ1) is 13.6. The third kappa shape index (κ3) is 2.07. The third-order valence-electron chi connectivity index (χ3n) is 3.21. The molecule has 3 rings (SSSR count). The molecule has 1 amide bonds. The zero-order valence-electron chi connectivity index (χ0n) is 10.6. The van der Waals surface area contributed by atoms with Gasteiger partial charge in [-0.25, -0.2) is 0 Å². The summed E-state index contributed by atoms with van der Waals surface area (Å²) >= 11 is 1.33. The van der Waals surface area contributed by atoms with E-state index in [9.17, 15) is 19.5 Å². The Balaban J connectivity index is 1.81. The number of thiophene rings is 1. The summed E-state index contributed by atoms with van der Waals surface area (Å²) in [6, 6.07) is 7.68. The van der Waals surface area contributed by atoms with Crippen molar-refractivity contribution >= 4 is 28.8 Å². The van der Waals surface area contributed by atoms with E-state index in [1.807, 2.05) is 0 Å². The van der Waals surface area contributed by atoms with E-state index in [-0.39, 0.29) is 11.1 Å². The van der Waals surface area contributed by atoms with Crippen LogP contribution in [0, 0.1) is 0 Å². The minimum Gasteiger partial charge on any atom is -0.361 e. The Morgan fingerprint density at radius 1 is 1.10 bits per heavy atom. The van der Waals surface area contributed by atoms with Gasteiger partial charge in [-0.1, -0.05) is 24.3 Å². The molecule has 1 aliphatic carbocycles. The lowest BCUT2D eigenvalue weighted by Crippen LogP contribution is -2.61. The van der Waals surface area contributed by atoms with Crippen molar-refractivity contribution in [3.8, 4) is 0 Å². The third-order valence-corrected chi connectivity index (χ3v) is 3.90. The highest BCUT2D eigenvalue weighted by Gasteiger charge is 2.52. The molecule has 0 atom stereocenters. The second-order valence-electron chi connectivity index (χ2n) is 4.51. The van der Waals surface area contributed by atoms with Gasteiger partial charge in [0.25, 0.3) is 11.6 Å². The molecule has 21 heavy (non-hydrogen) atoms. The van der Waals surface area contributed by atoms with Gasteiger partial charge in [0.05, 0.1) is 5.56 Å². The highest BCUT2D eigenvalue weighted by molar-refractivity contribution is 7.08. The first-order valence-electron chi connectivity index (χ1n) is 6.05. The lowest BCUT2D eigenvalue weighted by molar-refractivity contribution is 0.0138. The summed E-state index contributed by atoms with van der Waals surface area (Å²) in [7, 11) is 0. The molecule has 1 aromatic carbocycles. The number of ketones is 2. The quantitative estimate of drug-likeness (QED) is 0.442. The van der Waals surface area contributed by atoms with E-state index in [2.05, 4.69) is 10.9 Å². The highest BCUT2D eigenvalue weighted by Crippen LogP contribution is 2.27. The molecule has 1 aromatic heterocycles. The largest absolute Gasteiger partial charge is 0.361 e. The van der Waals surface area contributed by atoms with Gasteiger partial charge in [0.1, 0.15) is 0 Å². The standard InChI is InChI=1S/C14H10N2O4S/c17-11-9-3-1-2-4-10(9)12(18)14(11,20)16-15-13(19)8-5-6-21-7-8/h1-7,16,20H,(H,15,19). The second kappa shape index (κ2) is 4.88. The molecule has 0 saturated heterocycles. The van der Waals surface area contributed by atoms with E-state index >= 15 is 0 Å². The van der Waals surface area contributed by atoms with Crippen molar-refractivity contribution in [3.63, 3.8) is 0 Å². The van der Waals surface area contributed by atoms with Gasteiger partial charge in [-0.3, -0.25) is 19.8 Å². The van der Waals surface area contributed by atoms with Crippen LogP contribution in [0.2, 0.25) is 0 Å². The Hall–Kier alpha value is -2.35. The molecule has 0 radical (unpaired) electrons. The molecule has 6 nitrogen and oxygen atoms in total. The predicted octanol–water partition coefficient (Wildman–Crippen LogP) is 0.750. The number of benzene rings is 1. The van der Waals surface area contributed by atoms with E-state index in [0.717, 1.165) is 0 Å². The average Bonchev–Trinajstić information content (AvgIpc) is 3.10. The molecule has 7 heteroatoms. The van der Waals surface area contributed by atoms with Crippen molar-refractivity contribution in [3.05, 3.63) is 57.8 Å². The number of carbonyl (C=O) groups excluding carboxylic acids is 3. The molecule has 0 spiro atoms. The second-order valence-corrected chi connectivity index (χ2v) is 5.29. The SMILES string of the molecule is O=C(NNC1(O)C(=O)c2ccccc2C1=O)c1ccsc1. The predicted molar refractivity (Wildman–Crippen MR) is 75.0 cm³/mol. The monoisotopic (exact) mass is 302 g/mol. The van der Waals surface area contributed by atoms with E-state index in [1.54, 1.807) is 29.0 Å². The van der Waals surface area contributed by atoms with Crippen molar-refractivity contribution < 1.29 is 19.5 Å². The molecule has 0 saturated carbocycles. The van der Waals surface area contributed by atoms with Crippen LogP contribution in [0.25, 0.3) is 0 Å². The van der Waals surface area contributed by atoms with Crippen molar-refractivity contribution in [1.82, 2.24) is 10.9 Å². The van der Waals surface area contributed by atoms with Crippen LogP contribution >= 0.6 is 11.3 Å². The molecular weight excluding hydrogens is 292 g/mol. The topological polar surface area (TPSA) is 95.5 Å². The maximum absolute atomic E-state index is 12.1. The maximum Gasteiger partial charge on any atom is 0.266 e. The minimum absolute atomic E-state index is 0.127. The lowest BCUT2D eigenvalue weighted by atomic mass is 10.1. The van der Waals surface area contributed by atoms with Crippen LogP contribution in [-0.4, -0.2) is 28.3 Å². The van der Waals surface area contributed by atoms with Crippen LogP contribution < -0.4 is 10.9 Å². The summed E-state index contributed by atoms with van der Waals surface area (Å²) in [5.74, 6) is -2.11. The Bertz CT molecular complexity index is 704. The van der Waals surface area contributed by atoms with Gasteiger partial charge in [0, 0.05) is 16.5 Å². The number of hydrazine groups is 1. The summed E-state index contributed by atoms with van der Waals surface area (Å²) in [4.78, 5) is 36.1. The van der Waals surface area contributed by atoms with Crippen LogP contribution in [0.5, 0.6) is 0 Å². The Morgan fingerprint density at radius 3 is 2.24 bits per heavy atom. The summed E-state index contributed by atoms with van der Waals surface area (Å²) in [5.41, 5.74) is 2.50. The molecule has 0 aliphatic heterocycles. The summed E-state index contributed by atoms with van der Waals surface area (Å²) in [6.45, 7) is 0. The zero-order valence-corrected chi connectivity index (χ0v) is 11.4. The number of Topliss-reactive ketones (excluding diaryl/α,β-unsaturated/α-hetero) is 2. The van der Waals surface area contributed by atoms with E-state index in [0.29, 0.717) is 5.56 Å². The lowest BCUT2D eigenvalue weighted by Gasteiger charge is -2.20. The number of aliphatic hydroxyl groups is 1. The molecule has 1 aliphatic rings. The molecule has 2 aromatic rings. The summed E-state index contributed by atoms with van der Waals surface area (Å²) in [5, 5.41) is 13.6. The first-order chi connectivity index (χ1) is 10.0. The fourth-order valence-corrected chi connectivity index (χ4v) is 2.73. The Kier molecular flexibility index (Phi) is 3.17. The number of amides is 1. The van der Waals surface area contributed by atoms with Gasteiger partial charge in [0.15, 0.2) is 0 Å². The molecule has 0 bridgehead atoms. The highest BCUT2D eigenvalue weighted by atomic mass is 32.1. The van der Waals surface area contributed by atoms with Crippen LogP contribution in [0.1, 0.15) is 31.1 Å². The number of nitrogens with one attached hydrogen (secondary N) is 2. The molecule has 0 unspecified atom stereocenters. The van der Waals surface area contributed by atoms with Crippen LogP contribution in [0.4, 0.5) is 0 Å². The smallest absolute Gasteiger partial charge is 0.266 e. The Labute approximate surface area is 123 Å². The van der Waals surface area contributed by atoms with Crippen molar-refractivity contribution in [2.45, 2.75) is 5.72 Å². The zero-order chi connectivity index (χ0) is 15.0. The number of carbonyl (C=O) groups is 3. The molecular formula is C14H10N2O4S. The Morgan fingerprint density at radius 2 is 1.71 bits per heavy atom. The van der Waals surface area contributed by atoms with Crippen LogP contribution in [-0.2, 0) is 0 Å². The molecule has 0 fully saturated rings. The van der Waals surface area contributed by atoms with Crippen molar-refractivity contribution in [2.75, 3.05) is 0 Å². The first-order valence-corrected chi connectivity index (χ1v) is 6.99. The van der Waals surface area contributed by atoms with Gasteiger partial charge in [-0.2, -0.15) is 16.8 Å². The van der Waals surface area contributed by atoms with Crippen LogP contribution in [0.3, 0.4) is 0 Å². The maximum atomic E-state index is 12.1. The van der Waals surface area contributed by atoms with E-state index in [4.69, 9.17) is 0 Å². The summed E-state index contributed by atoms with van der Waals surface area (Å²) < 4.78 is 0. The van der Waals surface area contributed by atoms with Crippen molar-refractivity contribution in [1.29, 1.82) is 0 Å². The van der Waals surface area contributed by atoms with Crippen LogP contribution in [0.15, 0.2) is 41.1 Å². The normalized spacial score (nSPS) is 15.9. The van der Waals surface area contributed by atoms with Gasteiger partial charge in [-0.15, -0.1) is 0 Å². The average molecular weight is 302 g/mol. The van der Waals surface area contributed by atoms with E-state index in [1.165, 1.54) is 23.5 Å². The van der Waals surface area contributed by atoms with Gasteiger partial charge >= 0.3 is 0 Å². The number of hydrogen-bond donors (Lipinski definition) is 3. The molecule has 3 N–H and O–H groups in total. The van der Waals surface area contributed by atoms with Gasteiger partial charge in [0.2, 0.25) is 11.6 Å². The number of rotatable bonds is 3. The number of fused-ring (bicyclic) bond motifs is 1. The van der Waals surface area contributed by atoms with E-state index < -0.39 is 23.2 Å². The van der Waals surface area contributed by atoms with Gasteiger partial charge < -0.3 is 5.11 Å². The molecule has 106 valence electrons.